The number of rotatable bonds is 5. The highest BCUT2D eigenvalue weighted by Crippen LogP contribution is 2.12. The van der Waals surface area contributed by atoms with Crippen molar-refractivity contribution in [3.8, 4) is 0 Å². The zero-order valence-corrected chi connectivity index (χ0v) is 11.8. The molecule has 0 bridgehead atoms. The zero-order chi connectivity index (χ0) is 13.9. The number of aliphatic hydroxyl groups is 1. The molecule has 0 fully saturated rings. The van der Waals surface area contributed by atoms with Gasteiger partial charge in [0.1, 0.15) is 5.01 Å². The van der Waals surface area contributed by atoms with E-state index in [-0.39, 0.29) is 18.2 Å². The van der Waals surface area contributed by atoms with E-state index >= 15 is 0 Å². The molecule has 0 aliphatic heterocycles. The lowest BCUT2D eigenvalue weighted by molar-refractivity contribution is 0.281. The van der Waals surface area contributed by atoms with Crippen molar-refractivity contribution in [2.75, 3.05) is 0 Å². The van der Waals surface area contributed by atoms with Gasteiger partial charge in [0.25, 0.3) is 10.0 Å². The summed E-state index contributed by atoms with van der Waals surface area (Å²) in [6, 6.07) is 2.89. The van der Waals surface area contributed by atoms with Crippen LogP contribution >= 0.6 is 11.3 Å². The molecule has 2 aromatic heterocycles. The summed E-state index contributed by atoms with van der Waals surface area (Å²) in [6.45, 7) is 1.88. The average Bonchev–Trinajstić information content (AvgIpc) is 2.82. The Hall–Kier alpha value is -1.35. The molecule has 0 radical (unpaired) electrons. The van der Waals surface area contributed by atoms with Crippen LogP contribution in [0.15, 0.2) is 29.6 Å². The second-order valence-corrected chi connectivity index (χ2v) is 6.89. The van der Waals surface area contributed by atoms with Gasteiger partial charge >= 0.3 is 0 Å². The molecule has 6 nitrogen and oxygen atoms in total. The predicted molar refractivity (Wildman–Crippen MR) is 71.0 cm³/mol. The summed E-state index contributed by atoms with van der Waals surface area (Å²) in [5.41, 5.74) is 0.564. The minimum atomic E-state index is -3.65. The molecule has 0 unspecified atom stereocenters. The van der Waals surface area contributed by atoms with Crippen LogP contribution in [0.3, 0.4) is 0 Å². The molecule has 2 heterocycles. The van der Waals surface area contributed by atoms with Crippen LogP contribution in [0.4, 0.5) is 0 Å². The summed E-state index contributed by atoms with van der Waals surface area (Å²) in [4.78, 5) is 8.92. The second kappa shape index (κ2) is 5.74. The van der Waals surface area contributed by atoms with E-state index in [0.717, 1.165) is 4.88 Å². The SMILES string of the molecule is Cc1cnc(CNS(=O)(=O)c2ccc(CO)cn2)s1. The Labute approximate surface area is 115 Å². The van der Waals surface area contributed by atoms with Crippen molar-refractivity contribution in [1.29, 1.82) is 0 Å². The minimum absolute atomic E-state index is 0.0713. The van der Waals surface area contributed by atoms with E-state index < -0.39 is 10.0 Å². The maximum atomic E-state index is 12.0. The molecule has 8 heteroatoms. The number of thiazole rings is 1. The molecule has 0 amide bonds. The zero-order valence-electron chi connectivity index (χ0n) is 10.2. The highest BCUT2D eigenvalue weighted by atomic mass is 32.2. The number of hydrogen-bond acceptors (Lipinski definition) is 6. The summed E-state index contributed by atoms with van der Waals surface area (Å²) in [5, 5.41) is 9.50. The first-order valence-corrected chi connectivity index (χ1v) is 7.78. The molecular formula is C11H13N3O3S2. The maximum absolute atomic E-state index is 12.0. The Morgan fingerprint density at radius 1 is 1.32 bits per heavy atom. The Morgan fingerprint density at radius 3 is 2.63 bits per heavy atom. The van der Waals surface area contributed by atoms with E-state index in [1.54, 1.807) is 6.20 Å². The van der Waals surface area contributed by atoms with Crippen LogP contribution in [-0.2, 0) is 23.2 Å². The van der Waals surface area contributed by atoms with E-state index in [1.807, 2.05) is 6.92 Å². The lowest BCUT2D eigenvalue weighted by Gasteiger charge is -2.04. The van der Waals surface area contributed by atoms with Crippen molar-refractivity contribution in [1.82, 2.24) is 14.7 Å². The van der Waals surface area contributed by atoms with Gasteiger partial charge in [-0.05, 0) is 18.6 Å². The summed E-state index contributed by atoms with van der Waals surface area (Å²) in [6.07, 6.45) is 3.03. The first kappa shape index (κ1) is 14.1. The molecule has 0 aliphatic rings. The topological polar surface area (TPSA) is 92.2 Å². The number of aryl methyl sites for hydroxylation is 1. The van der Waals surface area contributed by atoms with Gasteiger partial charge in [0.15, 0.2) is 5.03 Å². The first-order chi connectivity index (χ1) is 9.01. The summed E-state index contributed by atoms with van der Waals surface area (Å²) < 4.78 is 26.3. The molecule has 0 atom stereocenters. The van der Waals surface area contributed by atoms with Gasteiger partial charge in [0, 0.05) is 17.3 Å². The number of hydrogen-bond donors (Lipinski definition) is 2. The lowest BCUT2D eigenvalue weighted by atomic mass is 10.3. The number of aromatic nitrogens is 2. The standard InChI is InChI=1S/C11H13N3O3S2/c1-8-4-12-10(18-8)6-14-19(16,17)11-3-2-9(7-15)5-13-11/h2-5,14-15H,6-7H2,1H3. The Bertz CT molecular complexity index is 650. The molecule has 2 rings (SSSR count). The van der Waals surface area contributed by atoms with Crippen LogP contribution in [0, 0.1) is 6.92 Å². The fourth-order valence-corrected chi connectivity index (χ4v) is 3.11. The number of nitrogens with one attached hydrogen (secondary N) is 1. The van der Waals surface area contributed by atoms with Gasteiger partial charge in [-0.1, -0.05) is 6.07 Å². The van der Waals surface area contributed by atoms with Crippen LogP contribution in [-0.4, -0.2) is 23.5 Å². The molecular weight excluding hydrogens is 286 g/mol. The van der Waals surface area contributed by atoms with E-state index in [2.05, 4.69) is 14.7 Å². The summed E-state index contributed by atoms with van der Waals surface area (Å²) in [7, 11) is -3.65. The third-order valence-corrected chi connectivity index (χ3v) is 4.57. The first-order valence-electron chi connectivity index (χ1n) is 5.48. The van der Waals surface area contributed by atoms with Gasteiger partial charge in [-0.3, -0.25) is 0 Å². The van der Waals surface area contributed by atoms with Gasteiger partial charge in [-0.2, -0.15) is 0 Å². The number of sulfonamides is 1. The highest BCUT2D eigenvalue weighted by molar-refractivity contribution is 7.89. The maximum Gasteiger partial charge on any atom is 0.258 e. The molecule has 0 saturated carbocycles. The van der Waals surface area contributed by atoms with Gasteiger partial charge in [0.05, 0.1) is 13.2 Å². The van der Waals surface area contributed by atoms with Crippen LogP contribution in [0.2, 0.25) is 0 Å². The fraction of sp³-hybridized carbons (Fsp3) is 0.273. The van der Waals surface area contributed by atoms with Crippen molar-refractivity contribution < 1.29 is 13.5 Å². The van der Waals surface area contributed by atoms with Gasteiger partial charge in [-0.25, -0.2) is 23.1 Å². The van der Waals surface area contributed by atoms with Crippen LogP contribution in [0.25, 0.3) is 0 Å². The van der Waals surface area contributed by atoms with Crippen LogP contribution in [0.1, 0.15) is 15.4 Å². The third kappa shape index (κ3) is 3.57. The third-order valence-electron chi connectivity index (χ3n) is 2.34. The van der Waals surface area contributed by atoms with E-state index in [0.29, 0.717) is 10.6 Å². The summed E-state index contributed by atoms with van der Waals surface area (Å²) in [5.74, 6) is 0. The fourth-order valence-electron chi connectivity index (χ4n) is 1.38. The normalized spacial score (nSPS) is 11.7. The number of aliphatic hydroxyl groups excluding tert-OH is 1. The number of nitrogens with zero attached hydrogens (tertiary/aromatic N) is 2. The van der Waals surface area contributed by atoms with E-state index in [9.17, 15) is 8.42 Å². The molecule has 0 aromatic carbocycles. The molecule has 102 valence electrons. The quantitative estimate of drug-likeness (QED) is 0.852. The molecule has 0 aliphatic carbocycles. The minimum Gasteiger partial charge on any atom is -0.392 e. The van der Waals surface area contributed by atoms with Crippen LogP contribution < -0.4 is 4.72 Å². The van der Waals surface area contributed by atoms with Crippen molar-refractivity contribution in [3.05, 3.63) is 40.0 Å². The van der Waals surface area contributed by atoms with Crippen LogP contribution in [0.5, 0.6) is 0 Å². The second-order valence-electron chi connectivity index (χ2n) is 3.85. The molecule has 2 N–H and O–H groups in total. The molecule has 0 saturated heterocycles. The molecule has 19 heavy (non-hydrogen) atoms. The molecule has 0 spiro atoms. The predicted octanol–water partition coefficient (Wildman–Crippen LogP) is 0.817. The Kier molecular flexibility index (Phi) is 4.25. The van der Waals surface area contributed by atoms with E-state index in [1.165, 1.54) is 29.7 Å². The van der Waals surface area contributed by atoms with Gasteiger partial charge in [0.2, 0.25) is 0 Å². The Balaban J connectivity index is 2.09. The summed E-state index contributed by atoms with van der Waals surface area (Å²) >= 11 is 1.44. The molecule has 2 aromatic rings. The Morgan fingerprint density at radius 2 is 2.11 bits per heavy atom. The van der Waals surface area contributed by atoms with Gasteiger partial charge < -0.3 is 5.11 Å². The van der Waals surface area contributed by atoms with Crippen molar-refractivity contribution in [2.45, 2.75) is 25.1 Å². The average molecular weight is 299 g/mol. The monoisotopic (exact) mass is 299 g/mol. The largest absolute Gasteiger partial charge is 0.392 e. The van der Waals surface area contributed by atoms with Crippen molar-refractivity contribution >= 4 is 21.4 Å². The smallest absolute Gasteiger partial charge is 0.258 e. The highest BCUT2D eigenvalue weighted by Gasteiger charge is 2.15. The van der Waals surface area contributed by atoms with Gasteiger partial charge in [-0.15, -0.1) is 11.3 Å². The lowest BCUT2D eigenvalue weighted by Crippen LogP contribution is -2.24. The number of pyridine rings is 1. The van der Waals surface area contributed by atoms with Crippen molar-refractivity contribution in [2.24, 2.45) is 0 Å². The van der Waals surface area contributed by atoms with Crippen molar-refractivity contribution in [3.63, 3.8) is 0 Å². The van der Waals surface area contributed by atoms with E-state index in [4.69, 9.17) is 5.11 Å².